The SMILES string of the molecule is COC(=O)c1ncc(Cl)c2c1cc(-c1ccc(S(C)(=O)=O)cc1)n2C. The lowest BCUT2D eigenvalue weighted by molar-refractivity contribution is 0.0596. The van der Waals surface area contributed by atoms with Crippen LogP contribution in [0.1, 0.15) is 10.5 Å². The molecule has 0 N–H and O–H groups in total. The molecule has 0 aliphatic heterocycles. The van der Waals surface area contributed by atoms with E-state index in [0.29, 0.717) is 15.9 Å². The standard InChI is InChI=1S/C17H15ClN2O4S/c1-20-14(10-4-6-11(7-5-10)25(3,22)23)8-12-15(17(21)24-2)19-9-13(18)16(12)20/h4-9H,1-3H3. The maximum Gasteiger partial charge on any atom is 0.357 e. The van der Waals surface area contributed by atoms with Crippen molar-refractivity contribution < 1.29 is 17.9 Å². The van der Waals surface area contributed by atoms with Crippen LogP contribution in [0.4, 0.5) is 0 Å². The van der Waals surface area contributed by atoms with Gasteiger partial charge in [0, 0.05) is 30.6 Å². The highest BCUT2D eigenvalue weighted by Gasteiger charge is 2.19. The van der Waals surface area contributed by atoms with E-state index in [1.54, 1.807) is 30.3 Å². The zero-order chi connectivity index (χ0) is 18.4. The van der Waals surface area contributed by atoms with Gasteiger partial charge >= 0.3 is 5.97 Å². The molecule has 0 fully saturated rings. The summed E-state index contributed by atoms with van der Waals surface area (Å²) in [7, 11) is -0.159. The molecule has 0 bridgehead atoms. The van der Waals surface area contributed by atoms with Crippen LogP contribution in [-0.2, 0) is 21.6 Å². The van der Waals surface area contributed by atoms with Gasteiger partial charge in [0.25, 0.3) is 0 Å². The zero-order valence-electron chi connectivity index (χ0n) is 13.8. The molecule has 130 valence electrons. The number of sulfone groups is 1. The smallest absolute Gasteiger partial charge is 0.357 e. The summed E-state index contributed by atoms with van der Waals surface area (Å²) >= 11 is 6.25. The molecule has 0 atom stereocenters. The summed E-state index contributed by atoms with van der Waals surface area (Å²) in [6.07, 6.45) is 2.57. The first-order chi connectivity index (χ1) is 11.7. The van der Waals surface area contributed by atoms with Crippen LogP contribution in [0.25, 0.3) is 22.2 Å². The minimum atomic E-state index is -3.26. The number of pyridine rings is 1. The van der Waals surface area contributed by atoms with Crippen LogP contribution < -0.4 is 0 Å². The van der Waals surface area contributed by atoms with Gasteiger partial charge in [0.05, 0.1) is 22.5 Å². The second-order valence-corrected chi connectivity index (χ2v) is 8.02. The Hall–Kier alpha value is -2.38. The van der Waals surface area contributed by atoms with Crippen molar-refractivity contribution in [2.75, 3.05) is 13.4 Å². The number of benzene rings is 1. The van der Waals surface area contributed by atoms with Gasteiger partial charge in [-0.15, -0.1) is 0 Å². The van der Waals surface area contributed by atoms with E-state index < -0.39 is 15.8 Å². The molecule has 0 saturated carbocycles. The Morgan fingerprint density at radius 3 is 2.44 bits per heavy atom. The van der Waals surface area contributed by atoms with Crippen LogP contribution in [0.15, 0.2) is 41.4 Å². The molecule has 3 aromatic rings. The first kappa shape index (κ1) is 17.4. The predicted octanol–water partition coefficient (Wildman–Crippen LogP) is 3.08. The van der Waals surface area contributed by atoms with Crippen LogP contribution >= 0.6 is 11.6 Å². The molecular weight excluding hydrogens is 364 g/mol. The highest BCUT2D eigenvalue weighted by Crippen LogP contribution is 2.33. The maximum atomic E-state index is 11.9. The Labute approximate surface area is 149 Å². The molecule has 2 aromatic heterocycles. The van der Waals surface area contributed by atoms with Gasteiger partial charge in [0.2, 0.25) is 0 Å². The van der Waals surface area contributed by atoms with Crippen LogP contribution in [0.5, 0.6) is 0 Å². The zero-order valence-corrected chi connectivity index (χ0v) is 15.4. The third-order valence-electron chi connectivity index (χ3n) is 3.98. The van der Waals surface area contributed by atoms with Gasteiger partial charge in [-0.05, 0) is 23.8 Å². The summed E-state index contributed by atoms with van der Waals surface area (Å²) in [5.41, 5.74) is 2.39. The van der Waals surface area contributed by atoms with Crippen LogP contribution in [0.3, 0.4) is 0 Å². The molecule has 1 aromatic carbocycles. The Kier molecular flexibility index (Phi) is 4.30. The van der Waals surface area contributed by atoms with Gasteiger partial charge in [-0.25, -0.2) is 18.2 Å². The van der Waals surface area contributed by atoms with Crippen molar-refractivity contribution in [2.45, 2.75) is 4.90 Å². The van der Waals surface area contributed by atoms with E-state index in [9.17, 15) is 13.2 Å². The number of halogens is 1. The van der Waals surface area contributed by atoms with Gasteiger partial charge in [-0.2, -0.15) is 0 Å². The largest absolute Gasteiger partial charge is 0.464 e. The number of aromatic nitrogens is 2. The lowest BCUT2D eigenvalue weighted by Gasteiger charge is -2.07. The number of hydrogen-bond donors (Lipinski definition) is 0. The fourth-order valence-corrected chi connectivity index (χ4v) is 3.64. The van der Waals surface area contributed by atoms with E-state index in [1.165, 1.54) is 13.3 Å². The van der Waals surface area contributed by atoms with Crippen molar-refractivity contribution in [3.63, 3.8) is 0 Å². The van der Waals surface area contributed by atoms with E-state index in [2.05, 4.69) is 4.98 Å². The van der Waals surface area contributed by atoms with Gasteiger partial charge < -0.3 is 9.30 Å². The van der Waals surface area contributed by atoms with Crippen molar-refractivity contribution in [2.24, 2.45) is 7.05 Å². The number of aryl methyl sites for hydroxylation is 1. The Balaban J connectivity index is 2.23. The molecular formula is C17H15ClN2O4S. The summed E-state index contributed by atoms with van der Waals surface area (Å²) < 4.78 is 29.8. The number of rotatable bonds is 3. The normalized spacial score (nSPS) is 11.7. The molecule has 3 rings (SSSR count). The summed E-state index contributed by atoms with van der Waals surface area (Å²) in [4.78, 5) is 16.3. The molecule has 0 unspecified atom stereocenters. The Bertz CT molecular complexity index is 1090. The highest BCUT2D eigenvalue weighted by molar-refractivity contribution is 7.90. The van der Waals surface area contributed by atoms with E-state index >= 15 is 0 Å². The summed E-state index contributed by atoms with van der Waals surface area (Å²) in [6.45, 7) is 0. The van der Waals surface area contributed by atoms with Gasteiger partial charge in [-0.1, -0.05) is 23.7 Å². The van der Waals surface area contributed by atoms with Crippen molar-refractivity contribution in [3.05, 3.63) is 47.2 Å². The molecule has 0 amide bonds. The van der Waals surface area contributed by atoms with Crippen molar-refractivity contribution in [1.82, 2.24) is 9.55 Å². The van der Waals surface area contributed by atoms with Gasteiger partial charge in [-0.3, -0.25) is 0 Å². The number of hydrogen-bond acceptors (Lipinski definition) is 5. The summed E-state index contributed by atoms with van der Waals surface area (Å²) in [6, 6.07) is 8.30. The van der Waals surface area contributed by atoms with Gasteiger partial charge in [0.15, 0.2) is 15.5 Å². The number of esters is 1. The number of carbonyl (C=O) groups is 1. The molecule has 8 heteroatoms. The average molecular weight is 379 g/mol. The molecule has 0 radical (unpaired) electrons. The third kappa shape index (κ3) is 3.01. The van der Waals surface area contributed by atoms with E-state index in [4.69, 9.17) is 16.3 Å². The number of nitrogens with zero attached hydrogens (tertiary/aromatic N) is 2. The average Bonchev–Trinajstić information content (AvgIpc) is 2.92. The van der Waals surface area contributed by atoms with E-state index in [1.807, 2.05) is 11.6 Å². The molecule has 0 aliphatic rings. The predicted molar refractivity (Wildman–Crippen MR) is 95.6 cm³/mol. The molecule has 25 heavy (non-hydrogen) atoms. The van der Waals surface area contributed by atoms with E-state index in [-0.39, 0.29) is 10.6 Å². The lowest BCUT2D eigenvalue weighted by atomic mass is 10.1. The maximum absolute atomic E-state index is 11.9. The van der Waals surface area contributed by atoms with Crippen LogP contribution in [0, 0.1) is 0 Å². The number of ether oxygens (including phenoxy) is 1. The minimum Gasteiger partial charge on any atom is -0.464 e. The molecule has 2 heterocycles. The monoisotopic (exact) mass is 378 g/mol. The van der Waals surface area contributed by atoms with E-state index in [0.717, 1.165) is 17.5 Å². The van der Waals surface area contributed by atoms with Crippen LogP contribution in [-0.4, -0.2) is 37.3 Å². The minimum absolute atomic E-state index is 0.177. The second kappa shape index (κ2) is 6.16. The van der Waals surface area contributed by atoms with Crippen molar-refractivity contribution in [3.8, 4) is 11.3 Å². The number of fused-ring (bicyclic) bond motifs is 1. The Morgan fingerprint density at radius 1 is 1.24 bits per heavy atom. The Morgan fingerprint density at radius 2 is 1.88 bits per heavy atom. The molecule has 6 nitrogen and oxygen atoms in total. The molecule has 0 spiro atoms. The summed E-state index contributed by atoms with van der Waals surface area (Å²) in [5.74, 6) is -0.550. The quantitative estimate of drug-likeness (QED) is 0.654. The number of methoxy groups -OCH3 is 1. The summed E-state index contributed by atoms with van der Waals surface area (Å²) in [5, 5.41) is 0.980. The molecule has 0 saturated heterocycles. The second-order valence-electron chi connectivity index (χ2n) is 5.59. The van der Waals surface area contributed by atoms with Gasteiger partial charge in [0.1, 0.15) is 0 Å². The first-order valence-electron chi connectivity index (χ1n) is 7.26. The van der Waals surface area contributed by atoms with Crippen molar-refractivity contribution >= 4 is 38.3 Å². The van der Waals surface area contributed by atoms with Crippen molar-refractivity contribution in [1.29, 1.82) is 0 Å². The lowest BCUT2D eigenvalue weighted by Crippen LogP contribution is -2.05. The topological polar surface area (TPSA) is 78.3 Å². The van der Waals surface area contributed by atoms with Crippen LogP contribution in [0.2, 0.25) is 5.02 Å². The fourth-order valence-electron chi connectivity index (χ4n) is 2.73. The fraction of sp³-hybridized carbons (Fsp3) is 0.176. The number of carbonyl (C=O) groups excluding carboxylic acids is 1. The first-order valence-corrected chi connectivity index (χ1v) is 9.53. The highest BCUT2D eigenvalue weighted by atomic mass is 35.5. The third-order valence-corrected chi connectivity index (χ3v) is 5.38. The molecule has 0 aliphatic carbocycles.